The first-order valence-corrected chi connectivity index (χ1v) is 9.07. The van der Waals surface area contributed by atoms with Gasteiger partial charge in [-0.3, -0.25) is 0 Å². The van der Waals surface area contributed by atoms with Crippen LogP contribution in [-0.4, -0.2) is 26.7 Å². The number of aliphatic hydroxyl groups excluding tert-OH is 1. The average Bonchev–Trinajstić information content (AvgIpc) is 2.51. The highest BCUT2D eigenvalue weighted by atomic mass is 35.5. The standard InChI is InChI=1S/C16H16ClF2NO3S/c17-14-9-11(13-5-4-12(18)10-15(13)19)3-6-16(14)24(22,23)20-7-1-2-8-21/h3-6,9-10,20-21H,1-2,7-8H2. The zero-order valence-electron chi connectivity index (χ0n) is 12.6. The third-order valence-electron chi connectivity index (χ3n) is 3.34. The Labute approximate surface area is 144 Å². The molecule has 0 aliphatic rings. The average molecular weight is 376 g/mol. The van der Waals surface area contributed by atoms with Crippen LogP contribution in [0.15, 0.2) is 41.3 Å². The normalized spacial score (nSPS) is 11.7. The second-order valence-electron chi connectivity index (χ2n) is 5.10. The van der Waals surface area contributed by atoms with Gasteiger partial charge in [-0.15, -0.1) is 0 Å². The molecule has 130 valence electrons. The Hall–Kier alpha value is -1.54. The van der Waals surface area contributed by atoms with Crippen LogP contribution in [0.2, 0.25) is 5.02 Å². The number of benzene rings is 2. The zero-order valence-corrected chi connectivity index (χ0v) is 14.2. The number of unbranched alkanes of at least 4 members (excludes halogenated alkanes) is 1. The Kier molecular flexibility index (Phi) is 6.28. The molecule has 24 heavy (non-hydrogen) atoms. The molecule has 0 aromatic heterocycles. The molecule has 0 fully saturated rings. The monoisotopic (exact) mass is 375 g/mol. The SMILES string of the molecule is O=S(=O)(NCCCCO)c1ccc(-c2ccc(F)cc2F)cc1Cl. The molecule has 0 spiro atoms. The van der Waals surface area contributed by atoms with Gasteiger partial charge in [0.05, 0.1) is 5.02 Å². The van der Waals surface area contributed by atoms with E-state index in [1.165, 1.54) is 24.3 Å². The van der Waals surface area contributed by atoms with Gasteiger partial charge >= 0.3 is 0 Å². The van der Waals surface area contributed by atoms with Crippen LogP contribution in [0.25, 0.3) is 11.1 Å². The van der Waals surface area contributed by atoms with Gasteiger partial charge in [0.15, 0.2) is 0 Å². The lowest BCUT2D eigenvalue weighted by Crippen LogP contribution is -2.25. The maximum atomic E-state index is 13.8. The molecule has 2 aromatic rings. The van der Waals surface area contributed by atoms with Crippen LogP contribution in [0.5, 0.6) is 0 Å². The van der Waals surface area contributed by atoms with Crippen LogP contribution in [0, 0.1) is 11.6 Å². The summed E-state index contributed by atoms with van der Waals surface area (Å²) in [6.45, 7) is 0.161. The van der Waals surface area contributed by atoms with Crippen LogP contribution in [0.1, 0.15) is 12.8 Å². The lowest BCUT2D eigenvalue weighted by atomic mass is 10.1. The number of rotatable bonds is 7. The van der Waals surface area contributed by atoms with Crippen LogP contribution in [0.3, 0.4) is 0 Å². The predicted octanol–water partition coefficient (Wildman–Crippen LogP) is 3.34. The fourth-order valence-corrected chi connectivity index (χ4v) is 3.75. The van der Waals surface area contributed by atoms with Crippen molar-refractivity contribution in [1.29, 1.82) is 0 Å². The van der Waals surface area contributed by atoms with Gasteiger partial charge in [0.2, 0.25) is 10.0 Å². The van der Waals surface area contributed by atoms with Crippen molar-refractivity contribution in [3.63, 3.8) is 0 Å². The molecule has 0 saturated heterocycles. The first-order chi connectivity index (χ1) is 11.3. The molecule has 2 N–H and O–H groups in total. The van der Waals surface area contributed by atoms with E-state index in [2.05, 4.69) is 4.72 Å². The van der Waals surface area contributed by atoms with Gasteiger partial charge in [-0.05, 0) is 42.7 Å². The van der Waals surface area contributed by atoms with Gasteiger partial charge in [-0.2, -0.15) is 0 Å². The molecule has 0 atom stereocenters. The van der Waals surface area contributed by atoms with E-state index in [0.29, 0.717) is 18.4 Å². The van der Waals surface area contributed by atoms with E-state index < -0.39 is 21.7 Å². The number of halogens is 3. The lowest BCUT2D eigenvalue weighted by Gasteiger charge is -2.10. The van der Waals surface area contributed by atoms with Crippen LogP contribution >= 0.6 is 11.6 Å². The van der Waals surface area contributed by atoms with E-state index in [9.17, 15) is 17.2 Å². The first-order valence-electron chi connectivity index (χ1n) is 7.20. The minimum Gasteiger partial charge on any atom is -0.396 e. The van der Waals surface area contributed by atoms with Crippen LogP contribution in [-0.2, 0) is 10.0 Å². The molecule has 2 aromatic carbocycles. The summed E-state index contributed by atoms with van der Waals surface area (Å²) in [6.07, 6.45) is 0.977. The Bertz CT molecular complexity index is 828. The molecule has 4 nitrogen and oxygen atoms in total. The molecule has 0 saturated carbocycles. The Morgan fingerprint density at radius 1 is 1.08 bits per heavy atom. The molecule has 0 bridgehead atoms. The molecule has 0 aliphatic heterocycles. The number of hydrogen-bond acceptors (Lipinski definition) is 3. The van der Waals surface area contributed by atoms with Gasteiger partial charge in [0.1, 0.15) is 16.5 Å². The van der Waals surface area contributed by atoms with E-state index in [1.807, 2.05) is 0 Å². The van der Waals surface area contributed by atoms with E-state index >= 15 is 0 Å². The quantitative estimate of drug-likeness (QED) is 0.729. The molecular weight excluding hydrogens is 360 g/mol. The molecule has 0 radical (unpaired) electrons. The lowest BCUT2D eigenvalue weighted by molar-refractivity contribution is 0.285. The topological polar surface area (TPSA) is 66.4 Å². The minimum atomic E-state index is -3.80. The molecular formula is C16H16ClF2NO3S. The molecule has 0 aliphatic carbocycles. The smallest absolute Gasteiger partial charge is 0.242 e. The summed E-state index contributed by atoms with van der Waals surface area (Å²) < 4.78 is 53.5. The van der Waals surface area contributed by atoms with Crippen molar-refractivity contribution < 1.29 is 22.3 Å². The minimum absolute atomic E-state index is 0.0135. The third-order valence-corrected chi connectivity index (χ3v) is 5.28. The summed E-state index contributed by atoms with van der Waals surface area (Å²) in [4.78, 5) is -0.126. The first kappa shape index (κ1) is 18.8. The van der Waals surface area contributed by atoms with Crippen molar-refractivity contribution in [3.05, 3.63) is 53.1 Å². The second-order valence-corrected chi connectivity index (χ2v) is 7.24. The van der Waals surface area contributed by atoms with Crippen LogP contribution in [0.4, 0.5) is 8.78 Å². The fraction of sp³-hybridized carbons (Fsp3) is 0.250. The predicted molar refractivity (Wildman–Crippen MR) is 88.3 cm³/mol. The molecule has 0 unspecified atom stereocenters. The summed E-state index contributed by atoms with van der Waals surface area (Å²) >= 11 is 6.03. The van der Waals surface area contributed by atoms with Gasteiger partial charge in [-0.1, -0.05) is 17.7 Å². The van der Waals surface area contributed by atoms with Gasteiger partial charge in [-0.25, -0.2) is 21.9 Å². The maximum absolute atomic E-state index is 13.8. The zero-order chi connectivity index (χ0) is 17.7. The number of sulfonamides is 1. The summed E-state index contributed by atoms with van der Waals surface area (Å²) in [6, 6.07) is 7.12. The highest BCUT2D eigenvalue weighted by Crippen LogP contribution is 2.30. The highest BCUT2D eigenvalue weighted by molar-refractivity contribution is 7.89. The summed E-state index contributed by atoms with van der Waals surface area (Å²) in [7, 11) is -3.80. The van der Waals surface area contributed by atoms with Crippen LogP contribution < -0.4 is 4.72 Å². The largest absolute Gasteiger partial charge is 0.396 e. The third kappa shape index (κ3) is 4.51. The van der Waals surface area contributed by atoms with Crippen molar-refractivity contribution in [1.82, 2.24) is 4.72 Å². The van der Waals surface area contributed by atoms with Gasteiger partial charge < -0.3 is 5.11 Å². The number of aliphatic hydroxyl groups is 1. The molecule has 2 rings (SSSR count). The Balaban J connectivity index is 2.26. The Morgan fingerprint density at radius 2 is 1.83 bits per heavy atom. The molecule has 0 amide bonds. The summed E-state index contributed by atoms with van der Waals surface area (Å²) in [5.74, 6) is -1.46. The van der Waals surface area contributed by atoms with Crippen molar-refractivity contribution in [2.45, 2.75) is 17.7 Å². The summed E-state index contributed by atoms with van der Waals surface area (Å²) in [5, 5.41) is 8.62. The maximum Gasteiger partial charge on any atom is 0.242 e. The second kappa shape index (κ2) is 8.02. The van der Waals surface area contributed by atoms with Crippen molar-refractivity contribution in [2.24, 2.45) is 0 Å². The molecule has 0 heterocycles. The highest BCUT2D eigenvalue weighted by Gasteiger charge is 2.18. The van der Waals surface area contributed by atoms with E-state index in [4.69, 9.17) is 16.7 Å². The van der Waals surface area contributed by atoms with Crippen molar-refractivity contribution in [3.8, 4) is 11.1 Å². The van der Waals surface area contributed by atoms with Gasteiger partial charge in [0, 0.05) is 24.8 Å². The van der Waals surface area contributed by atoms with Gasteiger partial charge in [0.25, 0.3) is 0 Å². The number of hydrogen-bond donors (Lipinski definition) is 2. The van der Waals surface area contributed by atoms with Crippen molar-refractivity contribution >= 4 is 21.6 Å². The van der Waals surface area contributed by atoms with Crippen molar-refractivity contribution in [2.75, 3.05) is 13.2 Å². The number of nitrogens with one attached hydrogen (secondary N) is 1. The van der Waals surface area contributed by atoms with E-state index in [1.54, 1.807) is 0 Å². The molecule has 8 heteroatoms. The Morgan fingerprint density at radius 3 is 2.46 bits per heavy atom. The fourth-order valence-electron chi connectivity index (χ4n) is 2.13. The van der Waals surface area contributed by atoms with E-state index in [0.717, 1.165) is 12.1 Å². The summed E-state index contributed by atoms with van der Waals surface area (Å²) in [5.41, 5.74) is 0.467. The van der Waals surface area contributed by atoms with E-state index in [-0.39, 0.29) is 28.6 Å².